The first-order valence-electron chi connectivity index (χ1n) is 6.75. The van der Waals surface area contributed by atoms with Gasteiger partial charge in [0.1, 0.15) is 12.4 Å². The van der Waals surface area contributed by atoms with E-state index in [1.54, 1.807) is 24.3 Å². The summed E-state index contributed by atoms with van der Waals surface area (Å²) in [4.78, 5) is 22.9. The summed E-state index contributed by atoms with van der Waals surface area (Å²) in [5, 5.41) is 11.7. The maximum absolute atomic E-state index is 11.9. The lowest BCUT2D eigenvalue weighted by Crippen LogP contribution is -2.32. The number of hydrogen-bond acceptors (Lipinski definition) is 3. The summed E-state index contributed by atoms with van der Waals surface area (Å²) in [6.07, 6.45) is 6.38. The molecule has 0 saturated carbocycles. The fraction of sp³-hybridized carbons (Fsp3) is 0.375. The maximum Gasteiger partial charge on any atom is 0.308 e. The number of carboxylic acid groups (broad SMARTS) is 1. The van der Waals surface area contributed by atoms with Gasteiger partial charge in [-0.3, -0.25) is 9.59 Å². The van der Waals surface area contributed by atoms with Crippen LogP contribution in [0.15, 0.2) is 24.3 Å². The van der Waals surface area contributed by atoms with Crippen LogP contribution in [0.1, 0.15) is 30.1 Å². The van der Waals surface area contributed by atoms with E-state index in [4.69, 9.17) is 16.3 Å². The molecule has 1 atom stereocenters. The summed E-state index contributed by atoms with van der Waals surface area (Å²) >= 11 is 0. The number of carboxylic acids is 1. The van der Waals surface area contributed by atoms with Crippen LogP contribution in [-0.2, 0) is 4.79 Å². The molecule has 112 valence electrons. The Labute approximate surface area is 124 Å². The number of ether oxygens (including phenoxy) is 1. The molecule has 1 amide bonds. The average molecular weight is 289 g/mol. The molecule has 0 aliphatic heterocycles. The molecule has 1 aromatic carbocycles. The van der Waals surface area contributed by atoms with Crippen LogP contribution in [0.2, 0.25) is 0 Å². The van der Waals surface area contributed by atoms with Crippen molar-refractivity contribution in [2.45, 2.75) is 19.8 Å². The number of nitrogens with one attached hydrogen (secondary N) is 1. The highest BCUT2D eigenvalue weighted by atomic mass is 16.5. The Balaban J connectivity index is 2.55. The third-order valence-electron chi connectivity index (χ3n) is 2.93. The average Bonchev–Trinajstić information content (AvgIpc) is 2.49. The summed E-state index contributed by atoms with van der Waals surface area (Å²) < 4.78 is 5.21. The van der Waals surface area contributed by atoms with E-state index < -0.39 is 11.9 Å². The van der Waals surface area contributed by atoms with Crippen molar-refractivity contribution in [1.29, 1.82) is 0 Å². The minimum atomic E-state index is -0.893. The van der Waals surface area contributed by atoms with Crippen molar-refractivity contribution >= 4 is 11.9 Å². The van der Waals surface area contributed by atoms with E-state index in [0.29, 0.717) is 17.7 Å². The Morgan fingerprint density at radius 3 is 2.57 bits per heavy atom. The zero-order chi connectivity index (χ0) is 15.7. The lowest BCUT2D eigenvalue weighted by atomic mass is 10.0. The molecule has 1 aromatic rings. The van der Waals surface area contributed by atoms with Gasteiger partial charge < -0.3 is 15.2 Å². The second-order valence-corrected chi connectivity index (χ2v) is 4.55. The number of terminal acetylenes is 1. The molecule has 0 aliphatic rings. The van der Waals surface area contributed by atoms with Gasteiger partial charge in [0.15, 0.2) is 0 Å². The lowest BCUT2D eigenvalue weighted by Gasteiger charge is -2.12. The Morgan fingerprint density at radius 2 is 2.05 bits per heavy atom. The van der Waals surface area contributed by atoms with Gasteiger partial charge in [0.25, 0.3) is 5.91 Å². The molecule has 0 bridgehead atoms. The van der Waals surface area contributed by atoms with Crippen LogP contribution in [0.25, 0.3) is 0 Å². The number of rotatable bonds is 8. The highest BCUT2D eigenvalue weighted by molar-refractivity contribution is 5.94. The molecule has 0 aromatic heterocycles. The van der Waals surface area contributed by atoms with Crippen molar-refractivity contribution in [3.8, 4) is 18.1 Å². The van der Waals surface area contributed by atoms with E-state index in [9.17, 15) is 9.59 Å². The first kappa shape index (κ1) is 16.6. The first-order chi connectivity index (χ1) is 10.1. The van der Waals surface area contributed by atoms with Gasteiger partial charge in [-0.2, -0.15) is 0 Å². The molecule has 1 rings (SSSR count). The smallest absolute Gasteiger partial charge is 0.308 e. The van der Waals surface area contributed by atoms with Crippen molar-refractivity contribution < 1.29 is 19.4 Å². The molecule has 5 nitrogen and oxygen atoms in total. The van der Waals surface area contributed by atoms with E-state index in [0.717, 1.165) is 6.42 Å². The molecule has 1 unspecified atom stereocenters. The molecule has 5 heteroatoms. The SMILES string of the molecule is C#CCOc1ccc(C(=O)NCC(CCC)C(=O)O)cc1. The van der Waals surface area contributed by atoms with Crippen LogP contribution in [0.4, 0.5) is 0 Å². The zero-order valence-corrected chi connectivity index (χ0v) is 12.0. The van der Waals surface area contributed by atoms with Crippen molar-refractivity contribution in [2.24, 2.45) is 5.92 Å². The van der Waals surface area contributed by atoms with Crippen LogP contribution in [-0.4, -0.2) is 30.1 Å². The van der Waals surface area contributed by atoms with Crippen LogP contribution in [0.3, 0.4) is 0 Å². The Morgan fingerprint density at radius 1 is 1.38 bits per heavy atom. The van der Waals surface area contributed by atoms with E-state index in [-0.39, 0.29) is 19.1 Å². The predicted molar refractivity (Wildman–Crippen MR) is 79.1 cm³/mol. The standard InChI is InChI=1S/C16H19NO4/c1-3-5-13(16(19)20)11-17-15(18)12-6-8-14(9-7-12)21-10-4-2/h2,6-9,13H,3,5,10-11H2,1H3,(H,17,18)(H,19,20). The normalized spacial score (nSPS) is 11.2. The highest BCUT2D eigenvalue weighted by Gasteiger charge is 2.17. The second-order valence-electron chi connectivity index (χ2n) is 4.55. The molecule has 0 aliphatic carbocycles. The molecular weight excluding hydrogens is 270 g/mol. The van der Waals surface area contributed by atoms with Crippen LogP contribution >= 0.6 is 0 Å². The topological polar surface area (TPSA) is 75.6 Å². The summed E-state index contributed by atoms with van der Waals surface area (Å²) in [5.41, 5.74) is 0.448. The summed E-state index contributed by atoms with van der Waals surface area (Å²) in [6, 6.07) is 6.51. The van der Waals surface area contributed by atoms with Crippen molar-refractivity contribution in [3.63, 3.8) is 0 Å². The van der Waals surface area contributed by atoms with E-state index >= 15 is 0 Å². The minimum absolute atomic E-state index is 0.122. The van der Waals surface area contributed by atoms with Gasteiger partial charge in [0, 0.05) is 12.1 Å². The van der Waals surface area contributed by atoms with Crippen molar-refractivity contribution in [2.75, 3.05) is 13.2 Å². The Kier molecular flexibility index (Phi) is 6.82. The molecule has 0 fully saturated rings. The largest absolute Gasteiger partial charge is 0.481 e. The van der Waals surface area contributed by atoms with E-state index in [1.165, 1.54) is 0 Å². The van der Waals surface area contributed by atoms with E-state index in [1.807, 2.05) is 6.92 Å². The van der Waals surface area contributed by atoms with E-state index in [2.05, 4.69) is 11.2 Å². The third kappa shape index (κ3) is 5.57. The number of carbonyl (C=O) groups is 2. The number of carbonyl (C=O) groups excluding carboxylic acids is 1. The zero-order valence-electron chi connectivity index (χ0n) is 12.0. The van der Waals surface area contributed by atoms with Gasteiger partial charge in [-0.05, 0) is 30.7 Å². The van der Waals surface area contributed by atoms with Crippen molar-refractivity contribution in [3.05, 3.63) is 29.8 Å². The predicted octanol–water partition coefficient (Wildman–Crippen LogP) is 1.93. The lowest BCUT2D eigenvalue weighted by molar-refractivity contribution is -0.141. The minimum Gasteiger partial charge on any atom is -0.481 e. The van der Waals surface area contributed by atoms with Crippen LogP contribution in [0.5, 0.6) is 5.75 Å². The van der Waals surface area contributed by atoms with Gasteiger partial charge in [0.2, 0.25) is 0 Å². The third-order valence-corrected chi connectivity index (χ3v) is 2.93. The van der Waals surface area contributed by atoms with Crippen molar-refractivity contribution in [1.82, 2.24) is 5.32 Å². The number of hydrogen-bond donors (Lipinski definition) is 2. The molecule has 2 N–H and O–H groups in total. The van der Waals surface area contributed by atoms with Gasteiger partial charge in [0.05, 0.1) is 5.92 Å². The number of aliphatic carboxylic acids is 1. The molecule has 0 spiro atoms. The molecular formula is C16H19NO4. The maximum atomic E-state index is 11.9. The molecule has 0 saturated heterocycles. The van der Waals surface area contributed by atoms with Crippen LogP contribution in [0, 0.1) is 18.3 Å². The highest BCUT2D eigenvalue weighted by Crippen LogP contribution is 2.12. The number of benzene rings is 1. The summed E-state index contributed by atoms with van der Waals surface area (Å²) in [6.45, 7) is 2.20. The number of amides is 1. The van der Waals surface area contributed by atoms with Crippen LogP contribution < -0.4 is 10.1 Å². The second kappa shape index (κ2) is 8.64. The van der Waals surface area contributed by atoms with Gasteiger partial charge in [-0.25, -0.2) is 0 Å². The Bertz CT molecular complexity index is 516. The monoisotopic (exact) mass is 289 g/mol. The molecule has 21 heavy (non-hydrogen) atoms. The van der Waals surface area contributed by atoms with Gasteiger partial charge >= 0.3 is 5.97 Å². The van der Waals surface area contributed by atoms with Gasteiger partial charge in [-0.15, -0.1) is 6.42 Å². The fourth-order valence-corrected chi connectivity index (χ4v) is 1.81. The summed E-state index contributed by atoms with van der Waals surface area (Å²) in [5.74, 6) is 1.18. The Hall–Kier alpha value is -2.48. The summed E-state index contributed by atoms with van der Waals surface area (Å²) in [7, 11) is 0. The van der Waals surface area contributed by atoms with Gasteiger partial charge in [-0.1, -0.05) is 19.3 Å². The fourth-order valence-electron chi connectivity index (χ4n) is 1.81. The molecule has 0 heterocycles. The quantitative estimate of drug-likeness (QED) is 0.717. The first-order valence-corrected chi connectivity index (χ1v) is 6.75. The molecule has 0 radical (unpaired) electrons.